The monoisotopic (exact) mass is 404 g/mol. The SMILES string of the molecule is CC(NC(=O)C(=O)Nc1ccccc1Br)C12CC3CC(CC(C3)C1)C2. The number of anilines is 1. The van der Waals surface area contributed by atoms with Crippen molar-refractivity contribution in [3.05, 3.63) is 28.7 Å². The number of halogens is 1. The molecule has 1 aromatic carbocycles. The number of carbonyl (C=O) groups is 2. The van der Waals surface area contributed by atoms with Gasteiger partial charge < -0.3 is 10.6 Å². The van der Waals surface area contributed by atoms with Crippen molar-refractivity contribution in [1.29, 1.82) is 0 Å². The summed E-state index contributed by atoms with van der Waals surface area (Å²) < 4.78 is 0.769. The van der Waals surface area contributed by atoms with E-state index in [9.17, 15) is 9.59 Å². The van der Waals surface area contributed by atoms with E-state index < -0.39 is 11.8 Å². The zero-order valence-electron chi connectivity index (χ0n) is 14.6. The molecular formula is C20H25BrN2O2. The minimum Gasteiger partial charge on any atom is -0.345 e. The van der Waals surface area contributed by atoms with E-state index in [0.29, 0.717) is 5.69 Å². The highest BCUT2D eigenvalue weighted by atomic mass is 79.9. The lowest BCUT2D eigenvalue weighted by Gasteiger charge is -2.59. The van der Waals surface area contributed by atoms with Crippen molar-refractivity contribution in [3.63, 3.8) is 0 Å². The molecule has 134 valence electrons. The Morgan fingerprint density at radius 2 is 1.60 bits per heavy atom. The summed E-state index contributed by atoms with van der Waals surface area (Å²) in [5, 5.41) is 5.70. The molecule has 4 bridgehead atoms. The molecule has 2 N–H and O–H groups in total. The van der Waals surface area contributed by atoms with E-state index in [1.165, 1.54) is 38.5 Å². The quantitative estimate of drug-likeness (QED) is 0.744. The highest BCUT2D eigenvalue weighted by molar-refractivity contribution is 9.10. The van der Waals surface area contributed by atoms with E-state index in [0.717, 1.165) is 22.2 Å². The van der Waals surface area contributed by atoms with Gasteiger partial charge in [0.15, 0.2) is 0 Å². The minimum atomic E-state index is -0.594. The smallest absolute Gasteiger partial charge is 0.313 e. The first-order chi connectivity index (χ1) is 11.9. The molecular weight excluding hydrogens is 380 g/mol. The summed E-state index contributed by atoms with van der Waals surface area (Å²) in [6.07, 6.45) is 7.78. The molecule has 0 aromatic heterocycles. The number of hydrogen-bond acceptors (Lipinski definition) is 2. The second-order valence-electron chi connectivity index (χ2n) is 8.41. The maximum Gasteiger partial charge on any atom is 0.313 e. The Labute approximate surface area is 157 Å². The van der Waals surface area contributed by atoms with Crippen LogP contribution < -0.4 is 10.6 Å². The van der Waals surface area contributed by atoms with E-state index in [1.54, 1.807) is 6.07 Å². The average molecular weight is 405 g/mol. The Balaban J connectivity index is 1.40. The second kappa shape index (κ2) is 6.42. The van der Waals surface area contributed by atoms with Crippen LogP contribution in [0.2, 0.25) is 0 Å². The van der Waals surface area contributed by atoms with Gasteiger partial charge in [-0.15, -0.1) is 0 Å². The van der Waals surface area contributed by atoms with E-state index in [2.05, 4.69) is 33.5 Å². The summed E-state index contributed by atoms with van der Waals surface area (Å²) in [5.41, 5.74) is 0.822. The molecule has 1 unspecified atom stereocenters. The molecule has 25 heavy (non-hydrogen) atoms. The van der Waals surface area contributed by atoms with Gasteiger partial charge in [-0.2, -0.15) is 0 Å². The summed E-state index contributed by atoms with van der Waals surface area (Å²) in [7, 11) is 0. The second-order valence-corrected chi connectivity index (χ2v) is 9.26. The van der Waals surface area contributed by atoms with Crippen LogP contribution in [-0.4, -0.2) is 17.9 Å². The Hall–Kier alpha value is -1.36. The summed E-state index contributed by atoms with van der Waals surface area (Å²) in [6.45, 7) is 2.09. The zero-order chi connectivity index (χ0) is 17.6. The molecule has 0 saturated heterocycles. The van der Waals surface area contributed by atoms with Crippen LogP contribution in [0.4, 0.5) is 5.69 Å². The molecule has 1 atom stereocenters. The Morgan fingerprint density at radius 1 is 1.04 bits per heavy atom. The van der Waals surface area contributed by atoms with Gasteiger partial charge in [-0.1, -0.05) is 12.1 Å². The number of benzene rings is 1. The molecule has 2 amide bonds. The highest BCUT2D eigenvalue weighted by Gasteiger charge is 2.53. The summed E-state index contributed by atoms with van der Waals surface area (Å²) >= 11 is 3.39. The molecule has 0 heterocycles. The number of nitrogens with one attached hydrogen (secondary N) is 2. The molecule has 4 fully saturated rings. The molecule has 4 aliphatic carbocycles. The van der Waals surface area contributed by atoms with Gasteiger partial charge in [0.1, 0.15) is 0 Å². The van der Waals surface area contributed by atoms with Crippen molar-refractivity contribution < 1.29 is 9.59 Å². The van der Waals surface area contributed by atoms with E-state index in [4.69, 9.17) is 0 Å². The first kappa shape index (κ1) is 17.1. The minimum absolute atomic E-state index is 0.0540. The van der Waals surface area contributed by atoms with Crippen LogP contribution in [0.25, 0.3) is 0 Å². The number of para-hydroxylation sites is 1. The molecule has 4 aliphatic rings. The van der Waals surface area contributed by atoms with E-state index in [1.807, 2.05) is 18.2 Å². The molecule has 5 heteroatoms. The first-order valence-corrected chi connectivity index (χ1v) is 10.1. The Morgan fingerprint density at radius 3 is 2.16 bits per heavy atom. The molecule has 4 nitrogen and oxygen atoms in total. The fourth-order valence-electron chi connectivity index (χ4n) is 5.86. The molecule has 0 radical (unpaired) electrons. The number of hydrogen-bond donors (Lipinski definition) is 2. The Bertz CT molecular complexity index is 667. The van der Waals surface area contributed by atoms with Crippen LogP contribution in [0.3, 0.4) is 0 Å². The predicted octanol–water partition coefficient (Wildman–Crippen LogP) is 4.11. The highest BCUT2D eigenvalue weighted by Crippen LogP contribution is 2.61. The van der Waals surface area contributed by atoms with Gasteiger partial charge in [0, 0.05) is 10.5 Å². The van der Waals surface area contributed by atoms with Gasteiger partial charge in [-0.3, -0.25) is 9.59 Å². The molecule has 4 saturated carbocycles. The maximum absolute atomic E-state index is 12.4. The predicted molar refractivity (Wildman–Crippen MR) is 101 cm³/mol. The van der Waals surface area contributed by atoms with Crippen LogP contribution in [0, 0.1) is 23.2 Å². The lowest BCUT2D eigenvalue weighted by molar-refractivity contribution is -0.138. The number of amides is 2. The Kier molecular flexibility index (Phi) is 4.38. The van der Waals surface area contributed by atoms with Crippen LogP contribution >= 0.6 is 15.9 Å². The fraction of sp³-hybridized carbons (Fsp3) is 0.600. The third-order valence-corrected chi connectivity index (χ3v) is 7.37. The van der Waals surface area contributed by atoms with Crippen molar-refractivity contribution in [2.24, 2.45) is 23.2 Å². The third kappa shape index (κ3) is 3.23. The van der Waals surface area contributed by atoms with Gasteiger partial charge in [-0.05, 0) is 96.7 Å². The first-order valence-electron chi connectivity index (χ1n) is 9.31. The van der Waals surface area contributed by atoms with Crippen molar-refractivity contribution in [1.82, 2.24) is 5.32 Å². The normalized spacial score (nSPS) is 33.8. The largest absolute Gasteiger partial charge is 0.345 e. The van der Waals surface area contributed by atoms with Crippen LogP contribution in [0.1, 0.15) is 45.4 Å². The number of carbonyl (C=O) groups excluding carboxylic acids is 2. The average Bonchev–Trinajstić information content (AvgIpc) is 2.55. The van der Waals surface area contributed by atoms with E-state index in [-0.39, 0.29) is 11.5 Å². The molecule has 5 rings (SSSR count). The van der Waals surface area contributed by atoms with Crippen molar-refractivity contribution in [3.8, 4) is 0 Å². The third-order valence-electron chi connectivity index (χ3n) is 6.68. The van der Waals surface area contributed by atoms with Crippen molar-refractivity contribution >= 4 is 33.4 Å². The van der Waals surface area contributed by atoms with Crippen molar-refractivity contribution in [2.75, 3.05) is 5.32 Å². The molecule has 1 aromatic rings. The maximum atomic E-state index is 12.4. The summed E-state index contributed by atoms with van der Waals surface area (Å²) in [6, 6.07) is 7.37. The zero-order valence-corrected chi connectivity index (χ0v) is 16.1. The lowest BCUT2D eigenvalue weighted by atomic mass is 9.48. The van der Waals surface area contributed by atoms with Gasteiger partial charge in [0.25, 0.3) is 0 Å². The fourth-order valence-corrected chi connectivity index (χ4v) is 6.25. The molecule has 0 spiro atoms. The van der Waals surface area contributed by atoms with Crippen LogP contribution in [-0.2, 0) is 9.59 Å². The van der Waals surface area contributed by atoms with Gasteiger partial charge in [-0.25, -0.2) is 0 Å². The van der Waals surface area contributed by atoms with Gasteiger partial charge in [0.05, 0.1) is 5.69 Å². The van der Waals surface area contributed by atoms with E-state index >= 15 is 0 Å². The standard InChI is InChI=1S/C20H25BrN2O2/c1-12(20-9-13-6-14(10-20)8-15(7-13)11-20)22-18(24)19(25)23-17-5-3-2-4-16(17)21/h2-5,12-15H,6-11H2,1H3,(H,22,24)(H,23,25). The van der Waals surface area contributed by atoms with Crippen LogP contribution in [0.5, 0.6) is 0 Å². The summed E-state index contributed by atoms with van der Waals surface area (Å²) in [4.78, 5) is 24.7. The molecule has 0 aliphatic heterocycles. The topological polar surface area (TPSA) is 58.2 Å². The van der Waals surface area contributed by atoms with Gasteiger partial charge in [0.2, 0.25) is 0 Å². The van der Waals surface area contributed by atoms with Crippen molar-refractivity contribution in [2.45, 2.75) is 51.5 Å². The van der Waals surface area contributed by atoms with Crippen LogP contribution in [0.15, 0.2) is 28.7 Å². The lowest BCUT2D eigenvalue weighted by Crippen LogP contribution is -2.57. The van der Waals surface area contributed by atoms with Gasteiger partial charge >= 0.3 is 11.8 Å². The summed E-state index contributed by atoms with van der Waals surface area (Å²) in [5.74, 6) is 1.38. The number of rotatable bonds is 3.